The third-order valence-corrected chi connectivity index (χ3v) is 4.07. The summed E-state index contributed by atoms with van der Waals surface area (Å²) >= 11 is 0. The maximum absolute atomic E-state index is 9.47. The second-order valence-electron chi connectivity index (χ2n) is 6.29. The molecule has 102 valence electrons. The molecule has 17 heavy (non-hydrogen) atoms. The molecule has 0 radical (unpaired) electrons. The number of rotatable bonds is 0. The Morgan fingerprint density at radius 3 is 1.71 bits per heavy atom. The molecule has 2 rings (SSSR count). The Bertz CT molecular complexity index is 190. The molecule has 0 bridgehead atoms. The summed E-state index contributed by atoms with van der Waals surface area (Å²) in [5.74, 6) is 0.978. The summed E-state index contributed by atoms with van der Waals surface area (Å²) in [6.45, 7) is 8.94. The first-order valence-corrected chi connectivity index (χ1v) is 6.98. The molecule has 0 saturated carbocycles. The van der Waals surface area contributed by atoms with E-state index < -0.39 is 0 Å². The maximum atomic E-state index is 9.47. The molecular formula is C14H30N2O. The molecule has 2 fully saturated rings. The minimum Gasteiger partial charge on any atom is -0.390 e. The van der Waals surface area contributed by atoms with Gasteiger partial charge in [-0.15, -0.1) is 0 Å². The number of hydrogen-bond donors (Lipinski definition) is 1. The number of nitrogens with zero attached hydrogens (tertiary/aromatic N) is 2. The van der Waals surface area contributed by atoms with E-state index in [1.54, 1.807) is 0 Å². The van der Waals surface area contributed by atoms with Crippen LogP contribution in [0.3, 0.4) is 0 Å². The average molecular weight is 242 g/mol. The van der Waals surface area contributed by atoms with E-state index in [1.165, 1.54) is 25.9 Å². The predicted octanol–water partition coefficient (Wildman–Crippen LogP) is 1.81. The Labute approximate surface area is 107 Å². The third kappa shape index (κ3) is 6.39. The standard InChI is InChI=1S/C7H15NO.C7H15N/c1-7(9)3-5-8(2)6-4-7;1-7-3-5-8(2)6-4-7/h9H,3-6H2,1-2H3;7H,3-6H2,1-2H3. The zero-order valence-corrected chi connectivity index (χ0v) is 12.1. The lowest BCUT2D eigenvalue weighted by Crippen LogP contribution is -2.40. The highest BCUT2D eigenvalue weighted by Crippen LogP contribution is 2.19. The largest absolute Gasteiger partial charge is 0.390 e. The number of hydrogen-bond acceptors (Lipinski definition) is 3. The Kier molecular flexibility index (Phi) is 5.90. The summed E-state index contributed by atoms with van der Waals surface area (Å²) in [7, 11) is 4.29. The summed E-state index contributed by atoms with van der Waals surface area (Å²) in [6.07, 6.45) is 4.64. The van der Waals surface area contributed by atoms with Gasteiger partial charge in [0.1, 0.15) is 0 Å². The van der Waals surface area contributed by atoms with Crippen LogP contribution in [-0.4, -0.2) is 60.8 Å². The lowest BCUT2D eigenvalue weighted by Gasteiger charge is -2.33. The smallest absolute Gasteiger partial charge is 0.0644 e. The minimum absolute atomic E-state index is 0.382. The van der Waals surface area contributed by atoms with Crippen molar-refractivity contribution >= 4 is 0 Å². The van der Waals surface area contributed by atoms with E-state index in [2.05, 4.69) is 30.8 Å². The van der Waals surface area contributed by atoms with Crippen LogP contribution >= 0.6 is 0 Å². The van der Waals surface area contributed by atoms with E-state index in [4.69, 9.17) is 0 Å². The van der Waals surface area contributed by atoms with Crippen molar-refractivity contribution in [3.05, 3.63) is 0 Å². The predicted molar refractivity (Wildman–Crippen MR) is 73.2 cm³/mol. The van der Waals surface area contributed by atoms with Crippen LogP contribution in [0.4, 0.5) is 0 Å². The monoisotopic (exact) mass is 242 g/mol. The first-order valence-electron chi connectivity index (χ1n) is 6.98. The van der Waals surface area contributed by atoms with Gasteiger partial charge < -0.3 is 14.9 Å². The number of aliphatic hydroxyl groups is 1. The summed E-state index contributed by atoms with van der Waals surface area (Å²) in [5, 5.41) is 9.47. The normalized spacial score (nSPS) is 27.4. The van der Waals surface area contributed by atoms with Gasteiger partial charge in [-0.05, 0) is 65.7 Å². The van der Waals surface area contributed by atoms with E-state index in [-0.39, 0.29) is 5.60 Å². The van der Waals surface area contributed by atoms with Crippen molar-refractivity contribution in [1.29, 1.82) is 0 Å². The molecule has 0 aromatic carbocycles. The molecule has 1 N–H and O–H groups in total. The highest BCUT2D eigenvalue weighted by Gasteiger charge is 2.24. The average Bonchev–Trinajstić information content (AvgIpc) is 2.28. The fraction of sp³-hybridized carbons (Fsp3) is 1.00. The molecule has 3 nitrogen and oxygen atoms in total. The first kappa shape index (κ1) is 14.9. The van der Waals surface area contributed by atoms with Gasteiger partial charge >= 0.3 is 0 Å². The van der Waals surface area contributed by atoms with Crippen LogP contribution < -0.4 is 0 Å². The molecule has 0 amide bonds. The molecule has 3 heteroatoms. The molecule has 0 atom stereocenters. The molecule has 0 unspecified atom stereocenters. The summed E-state index contributed by atoms with van der Waals surface area (Å²) < 4.78 is 0. The van der Waals surface area contributed by atoms with Gasteiger partial charge in [0.25, 0.3) is 0 Å². The highest BCUT2D eigenvalue weighted by molar-refractivity contribution is 4.79. The van der Waals surface area contributed by atoms with Gasteiger partial charge in [-0.3, -0.25) is 0 Å². The van der Waals surface area contributed by atoms with Crippen molar-refractivity contribution in [1.82, 2.24) is 9.80 Å². The highest BCUT2D eigenvalue weighted by atomic mass is 16.3. The van der Waals surface area contributed by atoms with Crippen LogP contribution in [0.15, 0.2) is 0 Å². The fourth-order valence-electron chi connectivity index (χ4n) is 2.24. The minimum atomic E-state index is -0.382. The van der Waals surface area contributed by atoms with Crippen molar-refractivity contribution in [2.45, 2.75) is 45.1 Å². The molecule has 2 heterocycles. The van der Waals surface area contributed by atoms with Crippen molar-refractivity contribution in [3.8, 4) is 0 Å². The SMILES string of the molecule is CC1CCN(C)CC1.CN1CCC(C)(O)CC1. The molecule has 2 aliphatic rings. The Balaban J connectivity index is 0.000000171. The van der Waals surface area contributed by atoms with Gasteiger partial charge in [0.2, 0.25) is 0 Å². The van der Waals surface area contributed by atoms with E-state index in [1.807, 2.05) is 6.92 Å². The zero-order valence-electron chi connectivity index (χ0n) is 12.1. The van der Waals surface area contributed by atoms with E-state index >= 15 is 0 Å². The van der Waals surface area contributed by atoms with Crippen LogP contribution in [0.5, 0.6) is 0 Å². The van der Waals surface area contributed by atoms with Crippen molar-refractivity contribution in [2.75, 3.05) is 40.3 Å². The molecule has 2 saturated heterocycles. The van der Waals surface area contributed by atoms with Gasteiger partial charge in [0, 0.05) is 13.1 Å². The van der Waals surface area contributed by atoms with Crippen LogP contribution in [0.2, 0.25) is 0 Å². The van der Waals surface area contributed by atoms with Crippen LogP contribution in [-0.2, 0) is 0 Å². The molecule has 0 aliphatic carbocycles. The third-order valence-electron chi connectivity index (χ3n) is 4.07. The van der Waals surface area contributed by atoms with Crippen molar-refractivity contribution in [3.63, 3.8) is 0 Å². The number of likely N-dealkylation sites (tertiary alicyclic amines) is 2. The van der Waals surface area contributed by atoms with E-state index in [0.29, 0.717) is 0 Å². The number of piperidine rings is 2. The second-order valence-corrected chi connectivity index (χ2v) is 6.29. The summed E-state index contributed by atoms with van der Waals surface area (Å²) in [5.41, 5.74) is -0.382. The Morgan fingerprint density at radius 1 is 0.941 bits per heavy atom. The quantitative estimate of drug-likeness (QED) is 0.702. The van der Waals surface area contributed by atoms with Crippen LogP contribution in [0.1, 0.15) is 39.5 Å². The van der Waals surface area contributed by atoms with Gasteiger partial charge in [-0.2, -0.15) is 0 Å². The molecule has 2 aliphatic heterocycles. The molecule has 0 spiro atoms. The van der Waals surface area contributed by atoms with E-state index in [0.717, 1.165) is 31.8 Å². The second kappa shape index (κ2) is 6.72. The first-order chi connectivity index (χ1) is 7.89. The van der Waals surface area contributed by atoms with Gasteiger partial charge in [0.15, 0.2) is 0 Å². The van der Waals surface area contributed by atoms with Crippen molar-refractivity contribution in [2.24, 2.45) is 5.92 Å². The molecule has 0 aromatic heterocycles. The van der Waals surface area contributed by atoms with Crippen LogP contribution in [0, 0.1) is 5.92 Å². The summed E-state index contributed by atoms with van der Waals surface area (Å²) in [4.78, 5) is 4.65. The van der Waals surface area contributed by atoms with Crippen LogP contribution in [0.25, 0.3) is 0 Å². The molecular weight excluding hydrogens is 212 g/mol. The molecule has 0 aromatic rings. The van der Waals surface area contributed by atoms with E-state index in [9.17, 15) is 5.11 Å². The van der Waals surface area contributed by atoms with Crippen molar-refractivity contribution < 1.29 is 5.11 Å². The maximum Gasteiger partial charge on any atom is 0.0644 e. The van der Waals surface area contributed by atoms with Gasteiger partial charge in [-0.25, -0.2) is 0 Å². The van der Waals surface area contributed by atoms with Gasteiger partial charge in [0.05, 0.1) is 5.60 Å². The topological polar surface area (TPSA) is 26.7 Å². The Hall–Kier alpha value is -0.120. The lowest BCUT2D eigenvalue weighted by atomic mass is 9.94. The lowest BCUT2D eigenvalue weighted by molar-refractivity contribution is 0.001000. The van der Waals surface area contributed by atoms with Gasteiger partial charge in [-0.1, -0.05) is 6.92 Å². The zero-order chi connectivity index (χ0) is 12.9. The Morgan fingerprint density at radius 2 is 1.35 bits per heavy atom. The summed E-state index contributed by atoms with van der Waals surface area (Å²) in [6, 6.07) is 0. The fourth-order valence-corrected chi connectivity index (χ4v) is 2.24.